The van der Waals surface area contributed by atoms with E-state index < -0.39 is 0 Å². The van der Waals surface area contributed by atoms with E-state index in [2.05, 4.69) is 30.7 Å². The summed E-state index contributed by atoms with van der Waals surface area (Å²) in [5, 5.41) is 11.6. The van der Waals surface area contributed by atoms with E-state index in [0.29, 0.717) is 17.2 Å². The molecule has 0 spiro atoms. The van der Waals surface area contributed by atoms with Crippen LogP contribution in [0.3, 0.4) is 0 Å². The number of hydrogen-bond donors (Lipinski definition) is 2. The molecule has 5 aromatic rings. The van der Waals surface area contributed by atoms with Gasteiger partial charge in [-0.15, -0.1) is 0 Å². The van der Waals surface area contributed by atoms with Gasteiger partial charge in [0.2, 0.25) is 5.95 Å². The second-order valence-corrected chi connectivity index (χ2v) is 8.06. The maximum atomic E-state index is 12.8. The van der Waals surface area contributed by atoms with Crippen LogP contribution in [0.4, 0.5) is 17.3 Å². The van der Waals surface area contributed by atoms with Gasteiger partial charge in [-0.1, -0.05) is 18.2 Å². The van der Waals surface area contributed by atoms with Crippen molar-refractivity contribution < 1.29 is 4.79 Å². The van der Waals surface area contributed by atoms with Gasteiger partial charge in [-0.3, -0.25) is 4.79 Å². The predicted molar refractivity (Wildman–Crippen MR) is 133 cm³/mol. The lowest BCUT2D eigenvalue weighted by Crippen LogP contribution is -2.12. The molecule has 0 aliphatic rings. The fourth-order valence-electron chi connectivity index (χ4n) is 3.78. The Hall–Kier alpha value is -4.59. The fraction of sp³-hybridized carbons (Fsp3) is 0.115. The number of rotatable bonds is 5. The monoisotopic (exact) mass is 449 g/mol. The smallest absolute Gasteiger partial charge is 0.255 e. The molecule has 8 nitrogen and oxygen atoms in total. The average molecular weight is 450 g/mol. The van der Waals surface area contributed by atoms with Gasteiger partial charge in [-0.2, -0.15) is 5.10 Å². The maximum Gasteiger partial charge on any atom is 0.255 e. The lowest BCUT2D eigenvalue weighted by atomic mass is 10.2. The van der Waals surface area contributed by atoms with Gasteiger partial charge >= 0.3 is 0 Å². The molecule has 0 aliphatic heterocycles. The Morgan fingerprint density at radius 3 is 2.26 bits per heavy atom. The van der Waals surface area contributed by atoms with E-state index in [4.69, 9.17) is 0 Å². The van der Waals surface area contributed by atoms with Crippen molar-refractivity contribution in [1.29, 1.82) is 0 Å². The first-order chi connectivity index (χ1) is 16.5. The van der Waals surface area contributed by atoms with Crippen LogP contribution in [-0.2, 0) is 0 Å². The maximum absolute atomic E-state index is 12.8. The number of amides is 1. The first-order valence-electron chi connectivity index (χ1n) is 10.9. The van der Waals surface area contributed by atoms with Crippen molar-refractivity contribution in [2.75, 3.05) is 10.6 Å². The largest absolute Gasteiger partial charge is 0.324 e. The van der Waals surface area contributed by atoms with E-state index >= 15 is 0 Å². The number of anilines is 3. The van der Waals surface area contributed by atoms with E-state index in [1.54, 1.807) is 23.0 Å². The predicted octanol–water partition coefficient (Wildman–Crippen LogP) is 5.13. The van der Waals surface area contributed by atoms with Crippen LogP contribution in [-0.4, -0.2) is 30.6 Å². The van der Waals surface area contributed by atoms with Crippen LogP contribution in [0.15, 0.2) is 72.9 Å². The molecule has 3 aromatic heterocycles. The number of nitrogens with zero attached hydrogens (tertiary/aromatic N) is 5. The zero-order chi connectivity index (χ0) is 23.7. The molecular weight excluding hydrogens is 426 g/mol. The number of fused-ring (bicyclic) bond motifs is 1. The number of aryl methyl sites for hydroxylation is 3. The molecule has 0 bridgehead atoms. The lowest BCUT2D eigenvalue weighted by Gasteiger charge is -2.09. The highest BCUT2D eigenvalue weighted by Gasteiger charge is 2.13. The molecule has 3 heterocycles. The summed E-state index contributed by atoms with van der Waals surface area (Å²) in [6.07, 6.45) is 1.65. The second-order valence-electron chi connectivity index (χ2n) is 8.06. The first kappa shape index (κ1) is 21.3. The molecule has 168 valence electrons. The molecule has 1 amide bonds. The molecule has 0 radical (unpaired) electrons. The molecular formula is C26H23N7O. The summed E-state index contributed by atoms with van der Waals surface area (Å²) in [7, 11) is 0. The number of pyridine rings is 1. The minimum atomic E-state index is -0.219. The van der Waals surface area contributed by atoms with Gasteiger partial charge in [0.25, 0.3) is 5.91 Å². The standard InChI is InChI=1S/C26H23N7O/c1-16-13-17(2)29-26(28-16)31-20-11-9-19(10-12-20)25(34)30-21-14-23-18(3)32-33(24(23)27-15-21)22-7-5-4-6-8-22/h4-15H,1-3H3,(H,30,34)(H,28,29,31). The molecule has 8 heteroatoms. The zero-order valence-corrected chi connectivity index (χ0v) is 19.1. The Labute approximate surface area is 196 Å². The van der Waals surface area contributed by atoms with Gasteiger partial charge < -0.3 is 10.6 Å². The third-order valence-electron chi connectivity index (χ3n) is 5.35. The fourth-order valence-corrected chi connectivity index (χ4v) is 3.78. The molecule has 0 saturated heterocycles. The van der Waals surface area contributed by atoms with Crippen LogP contribution in [0.2, 0.25) is 0 Å². The van der Waals surface area contributed by atoms with E-state index in [9.17, 15) is 4.79 Å². The number of benzene rings is 2. The molecule has 0 saturated carbocycles. The summed E-state index contributed by atoms with van der Waals surface area (Å²) >= 11 is 0. The van der Waals surface area contributed by atoms with E-state index in [-0.39, 0.29) is 5.91 Å². The highest BCUT2D eigenvalue weighted by atomic mass is 16.1. The molecule has 0 atom stereocenters. The molecule has 2 aromatic carbocycles. The van der Waals surface area contributed by atoms with Crippen molar-refractivity contribution in [2.24, 2.45) is 0 Å². The van der Waals surface area contributed by atoms with Crippen LogP contribution in [0.25, 0.3) is 16.7 Å². The normalized spacial score (nSPS) is 10.9. The van der Waals surface area contributed by atoms with E-state index in [1.165, 1.54) is 0 Å². The van der Waals surface area contributed by atoms with Crippen LogP contribution in [0.5, 0.6) is 0 Å². The SMILES string of the molecule is Cc1cc(C)nc(Nc2ccc(C(=O)Nc3cnc4c(c3)c(C)nn4-c3ccccc3)cc2)n1. The van der Waals surface area contributed by atoms with Gasteiger partial charge in [0.15, 0.2) is 5.65 Å². The van der Waals surface area contributed by atoms with Crippen molar-refractivity contribution in [3.8, 4) is 5.69 Å². The van der Waals surface area contributed by atoms with Gasteiger partial charge in [-0.05, 0) is 69.3 Å². The van der Waals surface area contributed by atoms with Gasteiger partial charge in [0.1, 0.15) is 0 Å². The first-order valence-corrected chi connectivity index (χ1v) is 10.9. The molecule has 0 aliphatic carbocycles. The summed E-state index contributed by atoms with van der Waals surface area (Å²) < 4.78 is 1.81. The zero-order valence-electron chi connectivity index (χ0n) is 19.1. The summed E-state index contributed by atoms with van der Waals surface area (Å²) in [5.41, 5.74) is 6.24. The van der Waals surface area contributed by atoms with Crippen molar-refractivity contribution in [2.45, 2.75) is 20.8 Å². The Bertz CT molecular complexity index is 1470. The minimum absolute atomic E-state index is 0.219. The van der Waals surface area contributed by atoms with E-state index in [0.717, 1.165) is 39.5 Å². The number of hydrogen-bond acceptors (Lipinski definition) is 6. The number of carbonyl (C=O) groups excluding carboxylic acids is 1. The highest BCUT2D eigenvalue weighted by Crippen LogP contribution is 2.23. The molecule has 0 unspecified atom stereocenters. The highest BCUT2D eigenvalue weighted by molar-refractivity contribution is 6.05. The summed E-state index contributed by atoms with van der Waals surface area (Å²) in [4.78, 5) is 26.1. The summed E-state index contributed by atoms with van der Waals surface area (Å²) in [5.74, 6) is 0.309. The lowest BCUT2D eigenvalue weighted by molar-refractivity contribution is 0.102. The van der Waals surface area contributed by atoms with Gasteiger partial charge in [0, 0.05) is 28.0 Å². The van der Waals surface area contributed by atoms with Crippen LogP contribution < -0.4 is 10.6 Å². The molecule has 0 fully saturated rings. The topological polar surface area (TPSA) is 97.6 Å². The third-order valence-corrected chi connectivity index (χ3v) is 5.35. The molecule has 34 heavy (non-hydrogen) atoms. The number of nitrogens with one attached hydrogen (secondary N) is 2. The van der Waals surface area contributed by atoms with Crippen molar-refractivity contribution in [1.82, 2.24) is 24.7 Å². The van der Waals surface area contributed by atoms with Crippen molar-refractivity contribution >= 4 is 34.3 Å². The summed E-state index contributed by atoms with van der Waals surface area (Å²) in [6.45, 7) is 5.78. The minimum Gasteiger partial charge on any atom is -0.324 e. The third kappa shape index (κ3) is 4.33. The number of aromatic nitrogens is 5. The van der Waals surface area contributed by atoms with Crippen LogP contribution in [0, 0.1) is 20.8 Å². The second kappa shape index (κ2) is 8.74. The van der Waals surface area contributed by atoms with Crippen LogP contribution in [0.1, 0.15) is 27.4 Å². The Morgan fingerprint density at radius 1 is 0.853 bits per heavy atom. The Kier molecular flexibility index (Phi) is 5.47. The van der Waals surface area contributed by atoms with Crippen LogP contribution >= 0.6 is 0 Å². The van der Waals surface area contributed by atoms with Gasteiger partial charge in [-0.25, -0.2) is 19.6 Å². The van der Waals surface area contributed by atoms with Gasteiger partial charge in [0.05, 0.1) is 23.3 Å². The van der Waals surface area contributed by atoms with Crippen molar-refractivity contribution in [3.05, 3.63) is 95.6 Å². The van der Waals surface area contributed by atoms with E-state index in [1.807, 2.05) is 75.4 Å². The summed E-state index contributed by atoms with van der Waals surface area (Å²) in [6, 6.07) is 20.8. The Morgan fingerprint density at radius 2 is 1.56 bits per heavy atom. The number of carbonyl (C=O) groups is 1. The van der Waals surface area contributed by atoms with Crippen molar-refractivity contribution in [3.63, 3.8) is 0 Å². The molecule has 5 rings (SSSR count). The number of para-hydroxylation sites is 1. The average Bonchev–Trinajstić information content (AvgIpc) is 3.15. The quantitative estimate of drug-likeness (QED) is 0.386. The Balaban J connectivity index is 1.33. The molecule has 2 N–H and O–H groups in total.